The van der Waals surface area contributed by atoms with Gasteiger partial charge in [0.1, 0.15) is 5.69 Å². The molecule has 1 aromatic carbocycles. The number of hydrogen-bond donors (Lipinski definition) is 2. The van der Waals surface area contributed by atoms with Gasteiger partial charge in [0, 0.05) is 37.1 Å². The molecule has 1 aromatic heterocycles. The molecule has 0 amide bonds. The van der Waals surface area contributed by atoms with Gasteiger partial charge in [0.2, 0.25) is 10.0 Å². The molecule has 0 radical (unpaired) electrons. The van der Waals surface area contributed by atoms with Gasteiger partial charge in [-0.15, -0.1) is 0 Å². The predicted octanol–water partition coefficient (Wildman–Crippen LogP) is 1.81. The minimum atomic E-state index is -4.25. The van der Waals surface area contributed by atoms with E-state index in [1.54, 1.807) is 12.1 Å². The summed E-state index contributed by atoms with van der Waals surface area (Å²) in [5.41, 5.74) is 0.939. The highest BCUT2D eigenvalue weighted by Gasteiger charge is 2.32. The van der Waals surface area contributed by atoms with Crippen LogP contribution in [0.4, 0.5) is 17.1 Å². The van der Waals surface area contributed by atoms with Crippen molar-refractivity contribution in [3.63, 3.8) is 0 Å². The van der Waals surface area contributed by atoms with Crippen molar-refractivity contribution in [2.75, 3.05) is 45.9 Å². The van der Waals surface area contributed by atoms with Crippen molar-refractivity contribution in [3.05, 3.63) is 29.7 Å². The smallest absolute Gasteiger partial charge is 0.283 e. The first-order valence-electron chi connectivity index (χ1n) is 9.22. The topological polar surface area (TPSA) is 125 Å². The Morgan fingerprint density at radius 3 is 2.57 bits per heavy atom. The van der Waals surface area contributed by atoms with Gasteiger partial charge in [-0.25, -0.2) is 8.42 Å². The second-order valence-electron chi connectivity index (χ2n) is 7.04. The molecule has 0 aliphatic carbocycles. The zero-order valence-electron chi connectivity index (χ0n) is 16.8. The van der Waals surface area contributed by atoms with Crippen molar-refractivity contribution in [3.8, 4) is 0 Å². The highest BCUT2D eigenvalue weighted by atomic mass is 35.5. The summed E-state index contributed by atoms with van der Waals surface area (Å²) >= 11 is 6.25. The van der Waals surface area contributed by atoms with Crippen molar-refractivity contribution in [1.82, 2.24) is 10.5 Å². The summed E-state index contributed by atoms with van der Waals surface area (Å²) < 4.78 is 57.9. The molecular formula is C17H24ClN5O5S2. The number of aromatic nitrogens is 1. The van der Waals surface area contributed by atoms with Crippen LogP contribution in [-0.4, -0.2) is 54.4 Å². The van der Waals surface area contributed by atoms with Crippen LogP contribution in [0.2, 0.25) is 0 Å². The highest BCUT2D eigenvalue weighted by Crippen LogP contribution is 2.37. The maximum atomic E-state index is 13.1. The molecule has 1 aliphatic heterocycles. The van der Waals surface area contributed by atoms with Gasteiger partial charge in [-0.05, 0) is 45.0 Å². The Kier molecular flexibility index (Phi) is 6.51. The number of nitrogens with zero attached hydrogens (tertiary/aromatic N) is 3. The van der Waals surface area contributed by atoms with Crippen LogP contribution in [-0.2, 0) is 20.0 Å². The van der Waals surface area contributed by atoms with Gasteiger partial charge in [-0.2, -0.15) is 12.2 Å². The third-order valence-electron chi connectivity index (χ3n) is 4.61. The van der Waals surface area contributed by atoms with Crippen molar-refractivity contribution < 1.29 is 21.4 Å². The quantitative estimate of drug-likeness (QED) is 0.603. The number of sulfonamides is 2. The van der Waals surface area contributed by atoms with E-state index in [9.17, 15) is 16.8 Å². The van der Waals surface area contributed by atoms with Gasteiger partial charge in [0.15, 0.2) is 10.7 Å². The van der Waals surface area contributed by atoms with Crippen LogP contribution in [0.3, 0.4) is 0 Å². The second kappa shape index (κ2) is 8.61. The first-order chi connectivity index (χ1) is 14.0. The Bertz CT molecular complexity index is 1110. The van der Waals surface area contributed by atoms with Gasteiger partial charge in [0.25, 0.3) is 10.0 Å². The third kappa shape index (κ3) is 4.82. The fourth-order valence-corrected chi connectivity index (χ4v) is 5.62. The highest BCUT2D eigenvalue weighted by molar-refractivity contribution is 7.94. The zero-order chi connectivity index (χ0) is 22.1. The lowest BCUT2D eigenvalue weighted by Crippen LogP contribution is -2.28. The van der Waals surface area contributed by atoms with Crippen molar-refractivity contribution in [2.24, 2.45) is 0 Å². The number of benzene rings is 1. The molecule has 0 spiro atoms. The third-order valence-corrected chi connectivity index (χ3v) is 7.64. The monoisotopic (exact) mass is 477 g/mol. The summed E-state index contributed by atoms with van der Waals surface area (Å²) in [6, 6.07) is 4.77. The number of rotatable bonds is 6. The van der Waals surface area contributed by atoms with E-state index in [4.69, 9.17) is 16.3 Å². The van der Waals surface area contributed by atoms with E-state index < -0.39 is 20.0 Å². The molecule has 1 saturated heterocycles. The summed E-state index contributed by atoms with van der Waals surface area (Å²) in [4.78, 5) is 1.93. The minimum absolute atomic E-state index is 0.0289. The lowest BCUT2D eigenvalue weighted by molar-refractivity contribution is 0.390. The standard InChI is InChI=1S/C17H24ClN5O5S2/c1-12-17(13(2)28-20-12)30(26,27)23(18)16-6-5-14(11-15(16)21-29(3,24)25)22-9-4-7-19-8-10-22/h5-6,11,19,21H,4,7-10H2,1-3H3. The maximum Gasteiger partial charge on any atom is 0.283 e. The van der Waals surface area contributed by atoms with Crippen molar-refractivity contribution >= 4 is 48.9 Å². The van der Waals surface area contributed by atoms with Crippen molar-refractivity contribution in [2.45, 2.75) is 25.2 Å². The molecule has 30 heavy (non-hydrogen) atoms. The Balaban J connectivity index is 2.06. The number of anilines is 3. The van der Waals surface area contributed by atoms with Crippen LogP contribution in [0.1, 0.15) is 17.9 Å². The van der Waals surface area contributed by atoms with E-state index >= 15 is 0 Å². The second-order valence-corrected chi connectivity index (χ2v) is 11.0. The van der Waals surface area contributed by atoms with Crippen molar-refractivity contribution in [1.29, 1.82) is 0 Å². The van der Waals surface area contributed by atoms with Crippen LogP contribution in [0.25, 0.3) is 0 Å². The summed E-state index contributed by atoms with van der Waals surface area (Å²) in [7, 11) is -7.94. The summed E-state index contributed by atoms with van der Waals surface area (Å²) in [6.07, 6.45) is 1.92. The van der Waals surface area contributed by atoms with Gasteiger partial charge in [-0.1, -0.05) is 5.16 Å². The SMILES string of the molecule is Cc1noc(C)c1S(=O)(=O)N(Cl)c1ccc(N2CCCNCC2)cc1NS(C)(=O)=O. The van der Waals surface area contributed by atoms with E-state index in [0.29, 0.717) is 3.82 Å². The molecule has 2 N–H and O–H groups in total. The Hall–Kier alpha value is -2.02. The molecule has 0 saturated carbocycles. The van der Waals surface area contributed by atoms with E-state index in [0.717, 1.165) is 44.5 Å². The van der Waals surface area contributed by atoms with Crippen LogP contribution in [0, 0.1) is 13.8 Å². The first kappa shape index (κ1) is 22.7. The maximum absolute atomic E-state index is 13.1. The Morgan fingerprint density at radius 2 is 1.93 bits per heavy atom. The number of nitrogens with one attached hydrogen (secondary N) is 2. The first-order valence-corrected chi connectivity index (χ1v) is 12.9. The molecule has 0 unspecified atom stereocenters. The van der Waals surface area contributed by atoms with E-state index in [-0.39, 0.29) is 27.7 Å². The summed E-state index contributed by atoms with van der Waals surface area (Å²) in [5, 5.41) is 6.96. The van der Waals surface area contributed by atoms with Crippen LogP contribution in [0.15, 0.2) is 27.6 Å². The van der Waals surface area contributed by atoms with Gasteiger partial charge >= 0.3 is 0 Å². The molecule has 13 heteroatoms. The molecule has 10 nitrogen and oxygen atoms in total. The zero-order valence-corrected chi connectivity index (χ0v) is 19.2. The fraction of sp³-hybridized carbons (Fsp3) is 0.471. The summed E-state index contributed by atoms with van der Waals surface area (Å²) in [5.74, 6) is 0.0875. The normalized spacial score (nSPS) is 15.7. The molecule has 166 valence electrons. The molecule has 0 bridgehead atoms. The lowest BCUT2D eigenvalue weighted by Gasteiger charge is -2.25. The average molecular weight is 478 g/mol. The van der Waals surface area contributed by atoms with Crippen LogP contribution < -0.4 is 18.8 Å². The minimum Gasteiger partial charge on any atom is -0.370 e. The Labute approximate surface area is 181 Å². The lowest BCUT2D eigenvalue weighted by atomic mass is 10.2. The summed E-state index contributed by atoms with van der Waals surface area (Å²) in [6.45, 7) is 6.16. The predicted molar refractivity (Wildman–Crippen MR) is 116 cm³/mol. The van der Waals surface area contributed by atoms with Crippen LogP contribution in [0.5, 0.6) is 0 Å². The van der Waals surface area contributed by atoms with Gasteiger partial charge < -0.3 is 14.7 Å². The fourth-order valence-electron chi connectivity index (χ4n) is 3.31. The average Bonchev–Trinajstić information content (AvgIpc) is 2.85. The van der Waals surface area contributed by atoms with E-state index in [2.05, 4.69) is 20.1 Å². The van der Waals surface area contributed by atoms with E-state index in [1.165, 1.54) is 19.9 Å². The number of aryl methyl sites for hydroxylation is 2. The van der Waals surface area contributed by atoms with E-state index in [1.807, 2.05) is 0 Å². The largest absolute Gasteiger partial charge is 0.370 e. The van der Waals surface area contributed by atoms with Gasteiger partial charge in [0.05, 0.1) is 17.6 Å². The van der Waals surface area contributed by atoms with Crippen LogP contribution >= 0.6 is 11.8 Å². The molecule has 0 atom stereocenters. The Morgan fingerprint density at radius 1 is 1.20 bits per heavy atom. The molecule has 1 aliphatic rings. The number of hydrogen-bond acceptors (Lipinski definition) is 8. The number of halogens is 1. The molecule has 2 aromatic rings. The molecular weight excluding hydrogens is 454 g/mol. The molecule has 3 rings (SSSR count). The molecule has 1 fully saturated rings. The van der Waals surface area contributed by atoms with Gasteiger partial charge in [-0.3, -0.25) is 4.72 Å². The molecule has 2 heterocycles.